The SMILES string of the molecule is Clc1cccc(N(c2ccccc2)c2ccc3c(c2)-c2ccccc2[C@]32C[C@H]3CC[C@@H]2C3)c1Cl. The van der Waals surface area contributed by atoms with Crippen LogP contribution in [0.4, 0.5) is 17.1 Å². The van der Waals surface area contributed by atoms with Crippen molar-refractivity contribution < 1.29 is 0 Å². The number of halogens is 2. The summed E-state index contributed by atoms with van der Waals surface area (Å²) < 4.78 is 0. The van der Waals surface area contributed by atoms with E-state index in [0.717, 1.165) is 28.9 Å². The van der Waals surface area contributed by atoms with Crippen LogP contribution >= 0.6 is 23.2 Å². The van der Waals surface area contributed by atoms with Gasteiger partial charge in [-0.3, -0.25) is 0 Å². The summed E-state index contributed by atoms with van der Waals surface area (Å²) >= 11 is 13.2. The quantitative estimate of drug-likeness (QED) is 0.281. The van der Waals surface area contributed by atoms with E-state index in [1.807, 2.05) is 24.3 Å². The van der Waals surface area contributed by atoms with Gasteiger partial charge >= 0.3 is 0 Å². The summed E-state index contributed by atoms with van der Waals surface area (Å²) in [6.45, 7) is 0. The molecule has 4 aromatic rings. The number of hydrogen-bond acceptors (Lipinski definition) is 1. The summed E-state index contributed by atoms with van der Waals surface area (Å²) in [5.41, 5.74) is 9.09. The minimum Gasteiger partial charge on any atom is -0.309 e. The van der Waals surface area contributed by atoms with Crippen LogP contribution in [0.3, 0.4) is 0 Å². The third-order valence-electron chi connectivity index (χ3n) is 8.48. The first kappa shape index (κ1) is 20.6. The van der Waals surface area contributed by atoms with Crippen molar-refractivity contribution in [3.05, 3.63) is 112 Å². The molecule has 2 bridgehead atoms. The van der Waals surface area contributed by atoms with Gasteiger partial charge in [0.25, 0.3) is 0 Å². The fourth-order valence-electron chi connectivity index (χ4n) is 7.19. The average molecular weight is 482 g/mol. The van der Waals surface area contributed by atoms with E-state index >= 15 is 0 Å². The smallest absolute Gasteiger partial charge is 0.0832 e. The molecule has 1 spiro atoms. The summed E-state index contributed by atoms with van der Waals surface area (Å²) in [6, 6.07) is 32.4. The molecule has 3 atom stereocenters. The molecule has 0 heterocycles. The Balaban J connectivity index is 1.45. The predicted octanol–water partition coefficient (Wildman–Crippen LogP) is 9.55. The van der Waals surface area contributed by atoms with Gasteiger partial charge in [0.2, 0.25) is 0 Å². The van der Waals surface area contributed by atoms with Crippen LogP contribution in [0.5, 0.6) is 0 Å². The number of hydrogen-bond donors (Lipinski definition) is 0. The molecule has 34 heavy (non-hydrogen) atoms. The zero-order chi connectivity index (χ0) is 22.9. The number of rotatable bonds is 3. The molecule has 0 radical (unpaired) electrons. The molecular weight excluding hydrogens is 457 g/mol. The van der Waals surface area contributed by atoms with Crippen molar-refractivity contribution >= 4 is 40.3 Å². The number of fused-ring (bicyclic) bond motifs is 8. The summed E-state index contributed by atoms with van der Waals surface area (Å²) in [5.74, 6) is 1.63. The van der Waals surface area contributed by atoms with Gasteiger partial charge in [-0.2, -0.15) is 0 Å². The zero-order valence-electron chi connectivity index (χ0n) is 18.8. The van der Waals surface area contributed by atoms with Crippen molar-refractivity contribution in [2.75, 3.05) is 4.90 Å². The van der Waals surface area contributed by atoms with E-state index in [0.29, 0.717) is 10.0 Å². The maximum Gasteiger partial charge on any atom is 0.0832 e. The Kier molecular flexibility index (Phi) is 4.63. The zero-order valence-corrected chi connectivity index (χ0v) is 20.4. The fraction of sp³-hybridized carbons (Fsp3) is 0.226. The molecule has 7 rings (SSSR count). The van der Waals surface area contributed by atoms with Gasteiger partial charge in [0.1, 0.15) is 0 Å². The molecule has 4 aromatic carbocycles. The van der Waals surface area contributed by atoms with Crippen LogP contribution in [-0.4, -0.2) is 0 Å². The Morgan fingerprint density at radius 2 is 1.50 bits per heavy atom. The van der Waals surface area contributed by atoms with Crippen molar-refractivity contribution in [3.8, 4) is 11.1 Å². The molecule has 2 fully saturated rings. The van der Waals surface area contributed by atoms with Gasteiger partial charge in [0.15, 0.2) is 0 Å². The van der Waals surface area contributed by atoms with Gasteiger partial charge in [-0.15, -0.1) is 0 Å². The first-order chi connectivity index (χ1) is 16.7. The van der Waals surface area contributed by atoms with Crippen molar-refractivity contribution in [2.45, 2.75) is 31.1 Å². The minimum absolute atomic E-state index is 0.193. The summed E-state index contributed by atoms with van der Waals surface area (Å²) in [6.07, 6.45) is 5.43. The summed E-state index contributed by atoms with van der Waals surface area (Å²) in [4.78, 5) is 2.23. The highest BCUT2D eigenvalue weighted by atomic mass is 35.5. The number of benzene rings is 4. The third-order valence-corrected chi connectivity index (χ3v) is 9.28. The van der Waals surface area contributed by atoms with Crippen molar-refractivity contribution in [2.24, 2.45) is 11.8 Å². The van der Waals surface area contributed by atoms with Gasteiger partial charge in [-0.25, -0.2) is 0 Å². The van der Waals surface area contributed by atoms with Crippen LogP contribution in [0.15, 0.2) is 91.0 Å². The van der Waals surface area contributed by atoms with E-state index in [1.54, 1.807) is 5.56 Å². The Labute approximate surface area is 211 Å². The van der Waals surface area contributed by atoms with E-state index in [-0.39, 0.29) is 5.41 Å². The first-order valence-corrected chi connectivity index (χ1v) is 13.0. The average Bonchev–Trinajstić information content (AvgIpc) is 3.56. The van der Waals surface area contributed by atoms with E-state index < -0.39 is 0 Å². The predicted molar refractivity (Wildman–Crippen MR) is 143 cm³/mol. The molecule has 3 aliphatic carbocycles. The van der Waals surface area contributed by atoms with E-state index in [9.17, 15) is 0 Å². The Hall–Kier alpha value is -2.74. The van der Waals surface area contributed by atoms with Crippen molar-refractivity contribution in [3.63, 3.8) is 0 Å². The first-order valence-electron chi connectivity index (χ1n) is 12.2. The molecule has 0 aliphatic heterocycles. The third kappa shape index (κ3) is 2.81. The highest BCUT2D eigenvalue weighted by Crippen LogP contribution is 2.66. The van der Waals surface area contributed by atoms with E-state index in [4.69, 9.17) is 23.2 Å². The Morgan fingerprint density at radius 1 is 0.706 bits per heavy atom. The summed E-state index contributed by atoms with van der Waals surface area (Å²) in [7, 11) is 0. The minimum atomic E-state index is 0.193. The molecule has 0 unspecified atom stereocenters. The molecule has 0 aromatic heterocycles. The van der Waals surface area contributed by atoms with Crippen LogP contribution in [0, 0.1) is 11.8 Å². The van der Waals surface area contributed by atoms with Gasteiger partial charge in [-0.1, -0.05) is 84.2 Å². The number of para-hydroxylation sites is 1. The summed E-state index contributed by atoms with van der Waals surface area (Å²) in [5, 5.41) is 1.13. The standard InChI is InChI=1S/C31H25Cl2N/c32-28-11-6-12-29(30(28)33)34(22-7-2-1-3-8-22)23-15-16-27-25(18-23)24-9-4-5-10-26(24)31(27)19-20-13-14-21(31)17-20/h1-12,15-16,18,20-21H,13-14,17,19H2/t20-,21+,31+/m0/s1. The van der Waals surface area contributed by atoms with Crippen molar-refractivity contribution in [1.82, 2.24) is 0 Å². The second-order valence-electron chi connectivity index (χ2n) is 10.1. The van der Waals surface area contributed by atoms with Gasteiger partial charge in [-0.05, 0) is 89.8 Å². The molecule has 1 nitrogen and oxygen atoms in total. The second-order valence-corrected chi connectivity index (χ2v) is 10.9. The highest BCUT2D eigenvalue weighted by molar-refractivity contribution is 6.43. The number of nitrogens with zero attached hydrogens (tertiary/aromatic N) is 1. The van der Waals surface area contributed by atoms with E-state index in [1.165, 1.54) is 42.4 Å². The molecule has 3 heteroatoms. The second kappa shape index (κ2) is 7.63. The molecule has 0 amide bonds. The monoisotopic (exact) mass is 481 g/mol. The van der Waals surface area contributed by atoms with Crippen molar-refractivity contribution in [1.29, 1.82) is 0 Å². The molecule has 0 saturated heterocycles. The number of anilines is 3. The normalized spacial score (nSPS) is 23.8. The largest absolute Gasteiger partial charge is 0.309 e. The van der Waals surface area contributed by atoms with Crippen LogP contribution in [0.2, 0.25) is 10.0 Å². The fourth-order valence-corrected chi connectivity index (χ4v) is 7.57. The molecule has 168 valence electrons. The van der Waals surface area contributed by atoms with Crippen LogP contribution < -0.4 is 4.90 Å². The topological polar surface area (TPSA) is 3.24 Å². The van der Waals surface area contributed by atoms with Gasteiger partial charge < -0.3 is 4.90 Å². The van der Waals surface area contributed by atoms with E-state index in [2.05, 4.69) is 71.6 Å². The lowest BCUT2D eigenvalue weighted by Gasteiger charge is -2.36. The maximum atomic E-state index is 6.75. The lowest BCUT2D eigenvalue weighted by atomic mass is 9.67. The molecular formula is C31H25Cl2N. The van der Waals surface area contributed by atoms with Gasteiger partial charge in [0.05, 0.1) is 15.7 Å². The molecule has 3 aliphatic rings. The van der Waals surface area contributed by atoms with Crippen LogP contribution in [-0.2, 0) is 5.41 Å². The van der Waals surface area contributed by atoms with Crippen LogP contribution in [0.25, 0.3) is 11.1 Å². The maximum absolute atomic E-state index is 6.75. The molecule has 0 N–H and O–H groups in total. The Morgan fingerprint density at radius 3 is 2.29 bits per heavy atom. The molecule has 2 saturated carbocycles. The van der Waals surface area contributed by atoms with Crippen LogP contribution in [0.1, 0.15) is 36.8 Å². The van der Waals surface area contributed by atoms with Gasteiger partial charge in [0, 0.05) is 16.8 Å². The lowest BCUT2D eigenvalue weighted by Crippen LogP contribution is -2.31. The Bertz CT molecular complexity index is 1410. The lowest BCUT2D eigenvalue weighted by molar-refractivity contribution is 0.327. The highest BCUT2D eigenvalue weighted by Gasteiger charge is 2.56.